The van der Waals surface area contributed by atoms with Crippen LogP contribution in [0, 0.1) is 5.92 Å². The van der Waals surface area contributed by atoms with Crippen LogP contribution in [-0.2, 0) is 21.9 Å². The summed E-state index contributed by atoms with van der Waals surface area (Å²) >= 11 is 5.69. The van der Waals surface area contributed by atoms with Gasteiger partial charge in [-0.15, -0.1) is 10.2 Å². The lowest BCUT2D eigenvalue weighted by molar-refractivity contribution is -0.128. The van der Waals surface area contributed by atoms with E-state index in [4.69, 9.17) is 11.6 Å². The van der Waals surface area contributed by atoms with Gasteiger partial charge in [-0.3, -0.25) is 9.59 Å². The maximum atomic E-state index is 13.9. The number of nitrogens with zero attached hydrogens (tertiary/aromatic N) is 4. The minimum absolute atomic E-state index is 0.147. The molecule has 1 unspecified atom stereocenters. The van der Waals surface area contributed by atoms with Gasteiger partial charge in [0.15, 0.2) is 16.8 Å². The van der Waals surface area contributed by atoms with E-state index in [2.05, 4.69) is 15.3 Å². The van der Waals surface area contributed by atoms with Crippen molar-refractivity contribution in [1.82, 2.24) is 10.2 Å². The smallest absolute Gasteiger partial charge is 0.273 e. The molecule has 1 aromatic carbocycles. The first-order chi connectivity index (χ1) is 13.2. The van der Waals surface area contributed by atoms with Crippen molar-refractivity contribution < 1.29 is 18.4 Å². The van der Waals surface area contributed by atoms with Crippen LogP contribution in [0.4, 0.5) is 14.6 Å². The number of ketones is 1. The molecule has 1 atom stereocenters. The number of anilines is 1. The number of carbonyl (C=O) groups is 2. The Morgan fingerprint density at radius 1 is 1.25 bits per heavy atom. The monoisotopic (exact) mass is 406 g/mol. The van der Waals surface area contributed by atoms with Crippen molar-refractivity contribution in [1.29, 1.82) is 0 Å². The van der Waals surface area contributed by atoms with Gasteiger partial charge in [-0.1, -0.05) is 36.7 Å². The highest BCUT2D eigenvalue weighted by Crippen LogP contribution is 2.32. The Morgan fingerprint density at radius 2 is 2.00 bits per heavy atom. The third kappa shape index (κ3) is 3.91. The molecule has 1 amide bonds. The van der Waals surface area contributed by atoms with E-state index in [-0.39, 0.29) is 29.4 Å². The van der Waals surface area contributed by atoms with E-state index in [9.17, 15) is 18.4 Å². The number of halogens is 3. The average Bonchev–Trinajstić information content (AvgIpc) is 2.97. The third-order valence-electron chi connectivity index (χ3n) is 4.46. The highest BCUT2D eigenvalue weighted by Gasteiger charge is 2.40. The summed E-state index contributed by atoms with van der Waals surface area (Å²) in [6.07, 6.45) is -0.495. The second-order valence-electron chi connectivity index (χ2n) is 6.44. The van der Waals surface area contributed by atoms with Gasteiger partial charge in [0.25, 0.3) is 11.8 Å². The largest absolute Gasteiger partial charge is 0.298 e. The predicted molar refractivity (Wildman–Crippen MR) is 100 cm³/mol. The van der Waals surface area contributed by atoms with Crippen LogP contribution in [0.25, 0.3) is 0 Å². The SMILES string of the molecule is CCC(F)(F)c1cccc(CC(=O)C2C(=O)N(c3ccc(Cl)nn3)N=C2C)c1. The molecule has 0 radical (unpaired) electrons. The lowest BCUT2D eigenvalue weighted by atomic mass is 9.93. The van der Waals surface area contributed by atoms with Gasteiger partial charge in [-0.05, 0) is 30.7 Å². The van der Waals surface area contributed by atoms with E-state index in [1.807, 2.05) is 0 Å². The van der Waals surface area contributed by atoms with E-state index in [0.29, 0.717) is 11.3 Å². The zero-order chi connectivity index (χ0) is 20.5. The van der Waals surface area contributed by atoms with Crippen molar-refractivity contribution in [3.05, 3.63) is 52.7 Å². The number of hydrogen-bond acceptors (Lipinski definition) is 5. The molecule has 0 bridgehead atoms. The van der Waals surface area contributed by atoms with Gasteiger partial charge in [0.05, 0.1) is 5.71 Å². The van der Waals surface area contributed by atoms with Gasteiger partial charge >= 0.3 is 0 Å². The third-order valence-corrected chi connectivity index (χ3v) is 4.66. The molecular weight excluding hydrogens is 390 g/mol. The highest BCUT2D eigenvalue weighted by molar-refractivity contribution is 6.29. The first-order valence-corrected chi connectivity index (χ1v) is 8.99. The molecule has 0 saturated heterocycles. The molecule has 2 aromatic rings. The first-order valence-electron chi connectivity index (χ1n) is 8.61. The number of hydrazone groups is 1. The lowest BCUT2D eigenvalue weighted by Gasteiger charge is -2.16. The minimum atomic E-state index is -2.97. The van der Waals surface area contributed by atoms with E-state index in [1.165, 1.54) is 37.3 Å². The predicted octanol–water partition coefficient (Wildman–Crippen LogP) is 3.78. The fourth-order valence-corrected chi connectivity index (χ4v) is 3.04. The number of rotatable bonds is 6. The van der Waals surface area contributed by atoms with E-state index >= 15 is 0 Å². The van der Waals surface area contributed by atoms with Crippen LogP contribution in [0.3, 0.4) is 0 Å². The van der Waals surface area contributed by atoms with Gasteiger partial charge in [0.2, 0.25) is 0 Å². The maximum Gasteiger partial charge on any atom is 0.273 e. The van der Waals surface area contributed by atoms with Crippen LogP contribution in [0.2, 0.25) is 5.15 Å². The van der Waals surface area contributed by atoms with Crippen molar-refractivity contribution in [2.24, 2.45) is 11.0 Å². The second-order valence-corrected chi connectivity index (χ2v) is 6.83. The summed E-state index contributed by atoms with van der Waals surface area (Å²) in [6.45, 7) is 2.95. The summed E-state index contributed by atoms with van der Waals surface area (Å²) < 4.78 is 27.8. The molecular formula is C19H17ClF2N4O2. The standard InChI is InChI=1S/C19H17ClF2N4O2/c1-3-19(21,22)13-6-4-5-12(9-13)10-14(27)17-11(2)25-26(18(17)28)16-8-7-15(20)23-24-16/h4-9,17H,3,10H2,1-2H3. The first kappa shape index (κ1) is 20.0. The van der Waals surface area contributed by atoms with E-state index in [1.54, 1.807) is 13.0 Å². The average molecular weight is 407 g/mol. The van der Waals surface area contributed by atoms with Crippen LogP contribution >= 0.6 is 11.6 Å². The zero-order valence-electron chi connectivity index (χ0n) is 15.2. The molecule has 3 rings (SSSR count). The number of carbonyl (C=O) groups excluding carboxylic acids is 2. The molecule has 146 valence electrons. The lowest BCUT2D eigenvalue weighted by Crippen LogP contribution is -2.34. The van der Waals surface area contributed by atoms with Crippen molar-refractivity contribution in [2.75, 3.05) is 5.01 Å². The summed E-state index contributed by atoms with van der Waals surface area (Å²) in [4.78, 5) is 25.4. The molecule has 0 spiro atoms. The quantitative estimate of drug-likeness (QED) is 0.684. The van der Waals surface area contributed by atoms with Crippen molar-refractivity contribution >= 4 is 34.8 Å². The molecule has 1 aliphatic heterocycles. The van der Waals surface area contributed by atoms with Gasteiger partial charge in [-0.2, -0.15) is 10.1 Å². The molecule has 1 aromatic heterocycles. The molecule has 1 aliphatic rings. The molecule has 0 saturated carbocycles. The van der Waals surface area contributed by atoms with Crippen molar-refractivity contribution in [2.45, 2.75) is 32.6 Å². The second kappa shape index (κ2) is 7.71. The maximum absolute atomic E-state index is 13.9. The normalized spacial score (nSPS) is 17.0. The van der Waals surface area contributed by atoms with Gasteiger partial charge in [0.1, 0.15) is 5.92 Å². The Hall–Kier alpha value is -2.74. The number of amides is 1. The molecule has 28 heavy (non-hydrogen) atoms. The number of hydrogen-bond donors (Lipinski definition) is 0. The topological polar surface area (TPSA) is 75.5 Å². The Kier molecular flexibility index (Phi) is 5.51. The highest BCUT2D eigenvalue weighted by atomic mass is 35.5. The summed E-state index contributed by atoms with van der Waals surface area (Å²) in [5.41, 5.74) is 0.573. The molecule has 0 N–H and O–H groups in total. The molecule has 6 nitrogen and oxygen atoms in total. The van der Waals surface area contributed by atoms with Crippen LogP contribution in [-0.4, -0.2) is 27.6 Å². The number of alkyl halides is 2. The van der Waals surface area contributed by atoms with E-state index in [0.717, 1.165) is 5.01 Å². The molecule has 0 fully saturated rings. The Bertz CT molecular complexity index is 947. The summed E-state index contributed by atoms with van der Waals surface area (Å²) in [5, 5.41) is 12.7. The molecule has 2 heterocycles. The minimum Gasteiger partial charge on any atom is -0.298 e. The number of benzene rings is 1. The fourth-order valence-electron chi connectivity index (χ4n) is 2.94. The fraction of sp³-hybridized carbons (Fsp3) is 0.316. The van der Waals surface area contributed by atoms with Crippen LogP contribution in [0.1, 0.15) is 31.4 Å². The Balaban J connectivity index is 1.78. The summed E-state index contributed by atoms with van der Waals surface area (Å²) in [7, 11) is 0. The van der Waals surface area contributed by atoms with Crippen molar-refractivity contribution in [3.63, 3.8) is 0 Å². The molecule has 0 aliphatic carbocycles. The van der Waals surface area contributed by atoms with Crippen molar-refractivity contribution in [3.8, 4) is 0 Å². The van der Waals surface area contributed by atoms with Crippen LogP contribution < -0.4 is 5.01 Å². The Morgan fingerprint density at radius 3 is 2.64 bits per heavy atom. The van der Waals surface area contributed by atoms with Gasteiger partial charge in [0, 0.05) is 18.4 Å². The van der Waals surface area contributed by atoms with Crippen LogP contribution in [0.5, 0.6) is 0 Å². The van der Waals surface area contributed by atoms with E-state index < -0.39 is 23.5 Å². The number of aromatic nitrogens is 2. The number of Topliss-reactive ketones (excluding diaryl/α,β-unsaturated/α-hetero) is 1. The zero-order valence-corrected chi connectivity index (χ0v) is 16.0. The van der Waals surface area contributed by atoms with Gasteiger partial charge < -0.3 is 0 Å². The summed E-state index contributed by atoms with van der Waals surface area (Å²) in [6, 6.07) is 8.61. The Labute approximate surface area is 165 Å². The summed E-state index contributed by atoms with van der Waals surface area (Å²) in [5.74, 6) is -4.90. The van der Waals surface area contributed by atoms with Crippen LogP contribution in [0.15, 0.2) is 41.5 Å². The van der Waals surface area contributed by atoms with Gasteiger partial charge in [-0.25, -0.2) is 8.78 Å². The molecule has 9 heteroatoms.